The summed E-state index contributed by atoms with van der Waals surface area (Å²) in [6.07, 6.45) is 0.205. The molecule has 2 fully saturated rings. The lowest BCUT2D eigenvalue weighted by Gasteiger charge is -2.35. The Kier molecular flexibility index (Phi) is 5.74. The van der Waals surface area contributed by atoms with Crippen molar-refractivity contribution in [3.8, 4) is 0 Å². The number of fused-ring (bicyclic) bond motifs is 1. The second-order valence-corrected chi connectivity index (χ2v) is 7.55. The first-order valence-corrected chi connectivity index (χ1v) is 10.0. The van der Waals surface area contributed by atoms with Crippen molar-refractivity contribution in [2.75, 3.05) is 27.3 Å². The van der Waals surface area contributed by atoms with E-state index in [-0.39, 0.29) is 25.1 Å². The molecular weight excluding hydrogens is 384 g/mol. The van der Waals surface area contributed by atoms with Crippen molar-refractivity contribution < 1.29 is 23.8 Å². The third-order valence-electron chi connectivity index (χ3n) is 6.02. The minimum absolute atomic E-state index is 0.0962. The summed E-state index contributed by atoms with van der Waals surface area (Å²) in [7, 11) is 3.09. The Balaban J connectivity index is 1.55. The van der Waals surface area contributed by atoms with Crippen molar-refractivity contribution in [2.24, 2.45) is 0 Å². The van der Waals surface area contributed by atoms with Gasteiger partial charge in [-0.15, -0.1) is 0 Å². The van der Waals surface area contributed by atoms with E-state index in [2.05, 4.69) is 0 Å². The molecule has 2 aromatic rings. The fraction of sp³-hybridized carbons (Fsp3) is 0.391. The first-order valence-electron chi connectivity index (χ1n) is 10.0. The summed E-state index contributed by atoms with van der Waals surface area (Å²) in [5.41, 5.74) is 1.52. The van der Waals surface area contributed by atoms with Crippen LogP contribution >= 0.6 is 0 Å². The van der Waals surface area contributed by atoms with Gasteiger partial charge in [-0.05, 0) is 24.1 Å². The average molecular weight is 410 g/mol. The largest absolute Gasteiger partial charge is 0.445 e. The average Bonchev–Trinajstić information content (AvgIpc) is 3.38. The molecular formula is C23H26N2O5. The number of carbonyl (C=O) groups excluding carboxylic acids is 2. The van der Waals surface area contributed by atoms with Crippen LogP contribution in [0.4, 0.5) is 4.79 Å². The molecule has 2 heterocycles. The molecule has 2 amide bonds. The van der Waals surface area contributed by atoms with Crippen LogP contribution in [0.5, 0.6) is 0 Å². The van der Waals surface area contributed by atoms with Gasteiger partial charge in [0.1, 0.15) is 12.6 Å². The van der Waals surface area contributed by atoms with Gasteiger partial charge in [-0.25, -0.2) is 4.79 Å². The van der Waals surface area contributed by atoms with Crippen LogP contribution in [0.3, 0.4) is 0 Å². The number of amides is 2. The first kappa shape index (κ1) is 20.4. The molecule has 0 unspecified atom stereocenters. The summed E-state index contributed by atoms with van der Waals surface area (Å²) in [5.74, 6) is -1.20. The van der Waals surface area contributed by atoms with Crippen molar-refractivity contribution in [3.05, 3.63) is 71.8 Å². The number of hydrogen-bond donors (Lipinski definition) is 0. The molecule has 2 aliphatic rings. The van der Waals surface area contributed by atoms with E-state index in [4.69, 9.17) is 14.2 Å². The Hall–Kier alpha value is -2.90. The minimum atomic E-state index is -1.10. The van der Waals surface area contributed by atoms with Crippen LogP contribution < -0.4 is 0 Å². The van der Waals surface area contributed by atoms with Gasteiger partial charge in [0.2, 0.25) is 5.79 Å². The fourth-order valence-corrected chi connectivity index (χ4v) is 4.51. The van der Waals surface area contributed by atoms with Gasteiger partial charge in [0.05, 0.1) is 12.6 Å². The Bertz CT molecular complexity index is 885. The molecule has 0 N–H and O–H groups in total. The molecule has 0 radical (unpaired) electrons. The Labute approximate surface area is 176 Å². The van der Waals surface area contributed by atoms with E-state index in [0.29, 0.717) is 18.5 Å². The number of rotatable bonds is 5. The second kappa shape index (κ2) is 8.45. The third-order valence-corrected chi connectivity index (χ3v) is 6.02. The summed E-state index contributed by atoms with van der Waals surface area (Å²) in [6.45, 7) is 0.898. The first-order chi connectivity index (χ1) is 14.6. The quantitative estimate of drug-likeness (QED) is 0.709. The van der Waals surface area contributed by atoms with E-state index >= 15 is 0 Å². The summed E-state index contributed by atoms with van der Waals surface area (Å²) >= 11 is 0. The van der Waals surface area contributed by atoms with Gasteiger partial charge < -0.3 is 19.1 Å². The lowest BCUT2D eigenvalue weighted by Crippen LogP contribution is -2.55. The van der Waals surface area contributed by atoms with E-state index in [1.54, 1.807) is 36.2 Å². The molecule has 0 saturated carbocycles. The normalized spacial score (nSPS) is 22.1. The van der Waals surface area contributed by atoms with Gasteiger partial charge in [0, 0.05) is 26.3 Å². The molecule has 0 aliphatic carbocycles. The summed E-state index contributed by atoms with van der Waals surface area (Å²) in [5, 5.41) is 0. The smallest absolute Gasteiger partial charge is 0.410 e. The SMILES string of the molecule is COC1(OC)CN(C(=O)c2ccccc2)[C@@H]2CCN(C(=O)OCc3ccccc3)[C@@H]21. The molecule has 0 bridgehead atoms. The van der Waals surface area contributed by atoms with Gasteiger partial charge in [-0.3, -0.25) is 9.69 Å². The maximum atomic E-state index is 13.2. The highest BCUT2D eigenvalue weighted by atomic mass is 16.7. The minimum Gasteiger partial charge on any atom is -0.445 e. The molecule has 30 heavy (non-hydrogen) atoms. The highest BCUT2D eigenvalue weighted by molar-refractivity contribution is 5.95. The standard InChI is InChI=1S/C23H26N2O5/c1-28-23(29-2)16-25(21(26)18-11-7-4-8-12-18)19-13-14-24(20(19)23)22(27)30-15-17-9-5-3-6-10-17/h3-12,19-20H,13-16H2,1-2H3/t19-,20+/m1/s1. The Morgan fingerprint density at radius 3 is 2.23 bits per heavy atom. The van der Waals surface area contributed by atoms with Crippen molar-refractivity contribution >= 4 is 12.0 Å². The fourth-order valence-electron chi connectivity index (χ4n) is 4.51. The zero-order valence-corrected chi connectivity index (χ0v) is 17.2. The number of carbonyl (C=O) groups is 2. The predicted octanol–water partition coefficient (Wildman–Crippen LogP) is 2.91. The molecule has 2 aromatic carbocycles. The van der Waals surface area contributed by atoms with E-state index < -0.39 is 17.9 Å². The number of likely N-dealkylation sites (tertiary alicyclic amines) is 2. The van der Waals surface area contributed by atoms with E-state index in [9.17, 15) is 9.59 Å². The zero-order chi connectivity index (χ0) is 21.1. The van der Waals surface area contributed by atoms with Crippen molar-refractivity contribution in [2.45, 2.75) is 30.9 Å². The molecule has 0 spiro atoms. The third kappa shape index (κ3) is 3.55. The molecule has 4 rings (SSSR count). The van der Waals surface area contributed by atoms with Gasteiger partial charge in [-0.2, -0.15) is 0 Å². The molecule has 7 heteroatoms. The number of hydrogen-bond acceptors (Lipinski definition) is 5. The van der Waals surface area contributed by atoms with Gasteiger partial charge in [-0.1, -0.05) is 48.5 Å². The van der Waals surface area contributed by atoms with Gasteiger partial charge >= 0.3 is 6.09 Å². The molecule has 158 valence electrons. The molecule has 2 aliphatic heterocycles. The lowest BCUT2D eigenvalue weighted by atomic mass is 10.1. The number of ether oxygens (including phenoxy) is 3. The lowest BCUT2D eigenvalue weighted by molar-refractivity contribution is -0.218. The van der Waals surface area contributed by atoms with E-state index in [1.165, 1.54) is 0 Å². The highest BCUT2D eigenvalue weighted by Crippen LogP contribution is 2.41. The maximum Gasteiger partial charge on any atom is 0.410 e. The van der Waals surface area contributed by atoms with Crippen LogP contribution in [-0.2, 0) is 20.8 Å². The number of methoxy groups -OCH3 is 2. The number of nitrogens with zero attached hydrogens (tertiary/aromatic N) is 2. The molecule has 7 nitrogen and oxygen atoms in total. The maximum absolute atomic E-state index is 13.2. The van der Waals surface area contributed by atoms with Crippen LogP contribution in [-0.4, -0.2) is 67.0 Å². The number of benzene rings is 2. The van der Waals surface area contributed by atoms with Crippen LogP contribution in [0.25, 0.3) is 0 Å². The molecule has 2 saturated heterocycles. The van der Waals surface area contributed by atoms with E-state index in [0.717, 1.165) is 5.56 Å². The van der Waals surface area contributed by atoms with Crippen LogP contribution in [0.15, 0.2) is 60.7 Å². The van der Waals surface area contributed by atoms with Gasteiger partial charge in [0.15, 0.2) is 0 Å². The van der Waals surface area contributed by atoms with Crippen LogP contribution in [0.2, 0.25) is 0 Å². The van der Waals surface area contributed by atoms with Crippen molar-refractivity contribution in [1.82, 2.24) is 9.80 Å². The molecule has 2 atom stereocenters. The van der Waals surface area contributed by atoms with E-state index in [1.807, 2.05) is 48.5 Å². The summed E-state index contributed by atoms with van der Waals surface area (Å²) < 4.78 is 17.1. The van der Waals surface area contributed by atoms with Crippen LogP contribution in [0.1, 0.15) is 22.3 Å². The zero-order valence-electron chi connectivity index (χ0n) is 17.2. The van der Waals surface area contributed by atoms with Gasteiger partial charge in [0.25, 0.3) is 5.91 Å². The second-order valence-electron chi connectivity index (χ2n) is 7.55. The summed E-state index contributed by atoms with van der Waals surface area (Å²) in [6, 6.07) is 18.0. The molecule has 0 aromatic heterocycles. The van der Waals surface area contributed by atoms with Crippen molar-refractivity contribution in [3.63, 3.8) is 0 Å². The predicted molar refractivity (Wildman–Crippen MR) is 110 cm³/mol. The topological polar surface area (TPSA) is 68.3 Å². The summed E-state index contributed by atoms with van der Waals surface area (Å²) in [4.78, 5) is 29.5. The van der Waals surface area contributed by atoms with Crippen LogP contribution in [0, 0.1) is 0 Å². The Morgan fingerprint density at radius 2 is 1.60 bits per heavy atom. The highest BCUT2D eigenvalue weighted by Gasteiger charge is 2.61. The monoisotopic (exact) mass is 410 g/mol. The Morgan fingerprint density at radius 1 is 0.967 bits per heavy atom. The van der Waals surface area contributed by atoms with Crippen molar-refractivity contribution in [1.29, 1.82) is 0 Å².